The lowest BCUT2D eigenvalue weighted by Gasteiger charge is -2.52. The van der Waals surface area contributed by atoms with E-state index in [9.17, 15) is 0 Å². The van der Waals surface area contributed by atoms with Crippen LogP contribution < -0.4 is 5.32 Å². The van der Waals surface area contributed by atoms with Crippen molar-refractivity contribution in [1.29, 1.82) is 0 Å². The molecule has 1 N–H and O–H groups in total. The number of nitrogens with one attached hydrogen (secondary N) is 1. The van der Waals surface area contributed by atoms with E-state index in [0.717, 1.165) is 19.4 Å². The van der Waals surface area contributed by atoms with Crippen LogP contribution in [0.4, 0.5) is 0 Å². The number of ether oxygens (including phenoxy) is 2. The maximum absolute atomic E-state index is 5.44. The van der Waals surface area contributed by atoms with Crippen molar-refractivity contribution in [3.63, 3.8) is 0 Å². The van der Waals surface area contributed by atoms with Crippen molar-refractivity contribution in [1.82, 2.24) is 5.32 Å². The average Bonchev–Trinajstić information content (AvgIpc) is 2.21. The highest BCUT2D eigenvalue weighted by molar-refractivity contribution is 5.03. The van der Waals surface area contributed by atoms with E-state index in [1.807, 2.05) is 0 Å². The minimum absolute atomic E-state index is 0.246. The van der Waals surface area contributed by atoms with Crippen molar-refractivity contribution >= 4 is 0 Å². The SMILES string of the molecule is CCC(COC)NC1CC(OC)C1(C)C. The Morgan fingerprint density at radius 1 is 1.40 bits per heavy atom. The molecule has 1 fully saturated rings. The molecule has 3 atom stereocenters. The smallest absolute Gasteiger partial charge is 0.0652 e. The molecule has 0 amide bonds. The Morgan fingerprint density at radius 3 is 2.47 bits per heavy atom. The van der Waals surface area contributed by atoms with E-state index >= 15 is 0 Å². The molecule has 0 radical (unpaired) electrons. The minimum atomic E-state index is 0.246. The van der Waals surface area contributed by atoms with Gasteiger partial charge in [0.15, 0.2) is 0 Å². The lowest BCUT2D eigenvalue weighted by molar-refractivity contribution is -0.102. The van der Waals surface area contributed by atoms with Gasteiger partial charge in [0.25, 0.3) is 0 Å². The molecule has 3 nitrogen and oxygen atoms in total. The molecule has 0 aliphatic heterocycles. The Kier molecular flexibility index (Phi) is 4.56. The van der Waals surface area contributed by atoms with Gasteiger partial charge < -0.3 is 14.8 Å². The summed E-state index contributed by atoms with van der Waals surface area (Å²) < 4.78 is 10.6. The van der Waals surface area contributed by atoms with Crippen LogP contribution in [0.15, 0.2) is 0 Å². The first kappa shape index (κ1) is 12.9. The predicted octanol–water partition coefficient (Wildman–Crippen LogP) is 1.81. The second-order valence-electron chi connectivity index (χ2n) is 5.06. The molecular weight excluding hydrogens is 190 g/mol. The summed E-state index contributed by atoms with van der Waals surface area (Å²) in [4.78, 5) is 0. The summed E-state index contributed by atoms with van der Waals surface area (Å²) in [5.74, 6) is 0. The number of methoxy groups -OCH3 is 2. The summed E-state index contributed by atoms with van der Waals surface area (Å²) in [6.45, 7) is 7.51. The highest BCUT2D eigenvalue weighted by Crippen LogP contribution is 2.42. The van der Waals surface area contributed by atoms with Crippen molar-refractivity contribution in [2.75, 3.05) is 20.8 Å². The van der Waals surface area contributed by atoms with Gasteiger partial charge >= 0.3 is 0 Å². The summed E-state index contributed by atoms with van der Waals surface area (Å²) in [6, 6.07) is 1.03. The first-order valence-electron chi connectivity index (χ1n) is 5.84. The fourth-order valence-electron chi connectivity index (χ4n) is 2.34. The standard InChI is InChI=1S/C12H25NO2/c1-6-9(8-14-4)13-10-7-11(15-5)12(10,2)3/h9-11,13H,6-8H2,1-5H3. The van der Waals surface area contributed by atoms with E-state index in [1.54, 1.807) is 14.2 Å². The summed E-state index contributed by atoms with van der Waals surface area (Å²) in [5.41, 5.74) is 0.246. The van der Waals surface area contributed by atoms with Gasteiger partial charge in [-0.3, -0.25) is 0 Å². The molecular formula is C12H25NO2. The van der Waals surface area contributed by atoms with Crippen molar-refractivity contribution in [3.8, 4) is 0 Å². The van der Waals surface area contributed by atoms with Crippen molar-refractivity contribution in [3.05, 3.63) is 0 Å². The Labute approximate surface area is 93.5 Å². The van der Waals surface area contributed by atoms with Gasteiger partial charge in [-0.15, -0.1) is 0 Å². The molecule has 0 aromatic rings. The molecule has 0 aromatic carbocycles. The Hall–Kier alpha value is -0.120. The van der Waals surface area contributed by atoms with Gasteiger partial charge in [0.2, 0.25) is 0 Å². The van der Waals surface area contributed by atoms with Crippen molar-refractivity contribution in [2.45, 2.75) is 51.8 Å². The van der Waals surface area contributed by atoms with Crippen molar-refractivity contribution in [2.24, 2.45) is 5.41 Å². The molecule has 1 saturated carbocycles. The summed E-state index contributed by atoms with van der Waals surface area (Å²) >= 11 is 0. The third-order valence-corrected chi connectivity index (χ3v) is 3.76. The zero-order valence-corrected chi connectivity index (χ0v) is 10.7. The number of hydrogen-bond donors (Lipinski definition) is 1. The fraction of sp³-hybridized carbons (Fsp3) is 1.00. The van der Waals surface area contributed by atoms with Gasteiger partial charge in [-0.2, -0.15) is 0 Å². The average molecular weight is 215 g/mol. The van der Waals surface area contributed by atoms with Crippen molar-refractivity contribution < 1.29 is 9.47 Å². The van der Waals surface area contributed by atoms with E-state index in [2.05, 4.69) is 26.1 Å². The van der Waals surface area contributed by atoms with Crippen LogP contribution in [-0.4, -0.2) is 39.0 Å². The van der Waals surface area contributed by atoms with Crippen LogP contribution in [0.25, 0.3) is 0 Å². The summed E-state index contributed by atoms with van der Waals surface area (Å²) in [6.07, 6.45) is 2.62. The normalized spacial score (nSPS) is 31.0. The molecule has 0 saturated heterocycles. The molecule has 15 heavy (non-hydrogen) atoms. The highest BCUT2D eigenvalue weighted by atomic mass is 16.5. The maximum Gasteiger partial charge on any atom is 0.0652 e. The van der Waals surface area contributed by atoms with Gasteiger partial charge in [-0.25, -0.2) is 0 Å². The van der Waals surface area contributed by atoms with Gasteiger partial charge in [0, 0.05) is 31.7 Å². The molecule has 0 heterocycles. The quantitative estimate of drug-likeness (QED) is 0.733. The molecule has 0 bridgehead atoms. The lowest BCUT2D eigenvalue weighted by Crippen LogP contribution is -2.63. The zero-order chi connectivity index (χ0) is 11.5. The van der Waals surface area contributed by atoms with E-state index in [-0.39, 0.29) is 5.41 Å². The molecule has 90 valence electrons. The van der Waals surface area contributed by atoms with E-state index in [1.165, 1.54) is 0 Å². The van der Waals surface area contributed by atoms with Crippen LogP contribution in [-0.2, 0) is 9.47 Å². The monoisotopic (exact) mass is 215 g/mol. The molecule has 3 heteroatoms. The second kappa shape index (κ2) is 5.28. The molecule has 1 aliphatic carbocycles. The fourth-order valence-corrected chi connectivity index (χ4v) is 2.34. The molecule has 1 rings (SSSR count). The topological polar surface area (TPSA) is 30.5 Å². The summed E-state index contributed by atoms with van der Waals surface area (Å²) in [7, 11) is 3.56. The van der Waals surface area contributed by atoms with E-state index in [4.69, 9.17) is 9.47 Å². The third kappa shape index (κ3) is 2.71. The molecule has 3 unspecified atom stereocenters. The number of hydrogen-bond acceptors (Lipinski definition) is 3. The third-order valence-electron chi connectivity index (χ3n) is 3.76. The molecule has 0 spiro atoms. The zero-order valence-electron chi connectivity index (χ0n) is 10.7. The van der Waals surface area contributed by atoms with Gasteiger partial charge in [0.05, 0.1) is 12.7 Å². The lowest BCUT2D eigenvalue weighted by atomic mass is 9.64. The largest absolute Gasteiger partial charge is 0.383 e. The highest BCUT2D eigenvalue weighted by Gasteiger charge is 2.48. The Morgan fingerprint density at radius 2 is 2.07 bits per heavy atom. The predicted molar refractivity (Wildman–Crippen MR) is 62.1 cm³/mol. The van der Waals surface area contributed by atoms with Crippen LogP contribution in [0.5, 0.6) is 0 Å². The first-order chi connectivity index (χ1) is 7.06. The Bertz CT molecular complexity index is 194. The first-order valence-corrected chi connectivity index (χ1v) is 5.84. The van der Waals surface area contributed by atoms with Crippen LogP contribution in [0.3, 0.4) is 0 Å². The number of rotatable bonds is 6. The van der Waals surface area contributed by atoms with Crippen LogP contribution in [0.2, 0.25) is 0 Å². The second-order valence-corrected chi connectivity index (χ2v) is 5.06. The van der Waals surface area contributed by atoms with E-state index in [0.29, 0.717) is 18.2 Å². The molecule has 0 aromatic heterocycles. The van der Waals surface area contributed by atoms with Crippen LogP contribution in [0.1, 0.15) is 33.6 Å². The van der Waals surface area contributed by atoms with Crippen LogP contribution in [0, 0.1) is 5.41 Å². The van der Waals surface area contributed by atoms with Gasteiger partial charge in [-0.1, -0.05) is 20.8 Å². The maximum atomic E-state index is 5.44. The Balaban J connectivity index is 2.40. The van der Waals surface area contributed by atoms with E-state index < -0.39 is 0 Å². The van der Waals surface area contributed by atoms with Gasteiger partial charge in [-0.05, 0) is 12.8 Å². The minimum Gasteiger partial charge on any atom is -0.383 e. The molecule has 1 aliphatic rings. The van der Waals surface area contributed by atoms with Crippen LogP contribution >= 0.6 is 0 Å². The summed E-state index contributed by atoms with van der Waals surface area (Å²) in [5, 5.41) is 3.65. The van der Waals surface area contributed by atoms with Gasteiger partial charge in [0.1, 0.15) is 0 Å².